The molecule has 0 aliphatic rings. The van der Waals surface area contributed by atoms with Gasteiger partial charge in [-0.2, -0.15) is 4.98 Å². The third kappa shape index (κ3) is 5.19. The molecule has 1 aromatic heterocycles. The van der Waals surface area contributed by atoms with Crippen LogP contribution in [0.4, 0.5) is 5.82 Å². The second-order valence-electron chi connectivity index (χ2n) is 3.45. The third-order valence-electron chi connectivity index (χ3n) is 2.09. The van der Waals surface area contributed by atoms with Gasteiger partial charge in [0.15, 0.2) is 5.82 Å². The summed E-state index contributed by atoms with van der Waals surface area (Å²) < 4.78 is 10.3. The summed E-state index contributed by atoms with van der Waals surface area (Å²) in [5.41, 5.74) is 0. The summed E-state index contributed by atoms with van der Waals surface area (Å²) in [6.45, 7) is 4.21. The number of anilines is 1. The normalized spacial score (nSPS) is 10.3. The summed E-state index contributed by atoms with van der Waals surface area (Å²) in [5.74, 6) is 0.567. The van der Waals surface area contributed by atoms with Crippen molar-refractivity contribution in [3.63, 3.8) is 0 Å². The molecule has 0 saturated carbocycles. The summed E-state index contributed by atoms with van der Waals surface area (Å²) in [6, 6.07) is 0.295. The largest absolute Gasteiger partial charge is 0.467 e. The predicted molar refractivity (Wildman–Crippen MR) is 67.8 cm³/mol. The molecule has 1 rings (SSSR count). The highest BCUT2D eigenvalue weighted by molar-refractivity contribution is 6.32. The van der Waals surface area contributed by atoms with Gasteiger partial charge in [0, 0.05) is 13.2 Å². The SMILES string of the molecule is CCCCOCCNc1nc(OC)ncc1Cl. The summed E-state index contributed by atoms with van der Waals surface area (Å²) in [5, 5.41) is 3.55. The molecule has 1 N–H and O–H groups in total. The molecular formula is C11H18ClN3O2. The zero-order valence-corrected chi connectivity index (χ0v) is 11.0. The maximum absolute atomic E-state index is 5.93. The van der Waals surface area contributed by atoms with E-state index in [2.05, 4.69) is 22.2 Å². The van der Waals surface area contributed by atoms with Crippen molar-refractivity contribution in [2.45, 2.75) is 19.8 Å². The van der Waals surface area contributed by atoms with Crippen molar-refractivity contribution in [1.29, 1.82) is 0 Å². The van der Waals surface area contributed by atoms with Crippen molar-refractivity contribution in [2.75, 3.05) is 32.2 Å². The molecule has 0 fully saturated rings. The lowest BCUT2D eigenvalue weighted by atomic mass is 10.4. The summed E-state index contributed by atoms with van der Waals surface area (Å²) in [4.78, 5) is 7.98. The molecule has 0 atom stereocenters. The molecule has 6 heteroatoms. The Balaban J connectivity index is 2.30. The first-order chi connectivity index (χ1) is 8.27. The fourth-order valence-electron chi connectivity index (χ4n) is 1.16. The molecule has 0 aliphatic heterocycles. The molecule has 0 bridgehead atoms. The topological polar surface area (TPSA) is 56.3 Å². The minimum atomic E-state index is 0.295. The lowest BCUT2D eigenvalue weighted by molar-refractivity contribution is 0.141. The van der Waals surface area contributed by atoms with Gasteiger partial charge in [0.05, 0.1) is 19.9 Å². The third-order valence-corrected chi connectivity index (χ3v) is 2.36. The van der Waals surface area contributed by atoms with Gasteiger partial charge in [0.2, 0.25) is 0 Å². The van der Waals surface area contributed by atoms with E-state index < -0.39 is 0 Å². The van der Waals surface area contributed by atoms with Crippen molar-refractivity contribution in [3.8, 4) is 6.01 Å². The quantitative estimate of drug-likeness (QED) is 0.727. The van der Waals surface area contributed by atoms with Gasteiger partial charge >= 0.3 is 6.01 Å². The Hall–Kier alpha value is -1.07. The van der Waals surface area contributed by atoms with Crippen LogP contribution in [0.1, 0.15) is 19.8 Å². The lowest BCUT2D eigenvalue weighted by Crippen LogP contribution is -2.11. The molecule has 0 radical (unpaired) electrons. The van der Waals surface area contributed by atoms with Crippen LogP contribution in [0.3, 0.4) is 0 Å². The van der Waals surface area contributed by atoms with Crippen LogP contribution in [-0.4, -0.2) is 36.8 Å². The minimum absolute atomic E-state index is 0.295. The van der Waals surface area contributed by atoms with E-state index in [-0.39, 0.29) is 0 Å². The first kappa shape index (κ1) is 14.0. The standard InChI is InChI=1S/C11H18ClN3O2/c1-3-4-6-17-7-5-13-10-9(12)8-14-11(15-10)16-2/h8H,3-7H2,1-2H3,(H,13,14,15). The van der Waals surface area contributed by atoms with Crippen molar-refractivity contribution < 1.29 is 9.47 Å². The Morgan fingerprint density at radius 3 is 2.94 bits per heavy atom. The van der Waals surface area contributed by atoms with Crippen LogP contribution in [0, 0.1) is 0 Å². The first-order valence-electron chi connectivity index (χ1n) is 5.66. The predicted octanol–water partition coefficient (Wildman–Crippen LogP) is 2.37. The van der Waals surface area contributed by atoms with Gasteiger partial charge in [-0.25, -0.2) is 4.98 Å². The Bertz CT molecular complexity index is 336. The van der Waals surface area contributed by atoms with Gasteiger partial charge in [-0.3, -0.25) is 0 Å². The van der Waals surface area contributed by atoms with E-state index in [9.17, 15) is 0 Å². The highest BCUT2D eigenvalue weighted by Crippen LogP contribution is 2.19. The number of unbranched alkanes of at least 4 members (excludes halogenated alkanes) is 1. The van der Waals surface area contributed by atoms with Crippen LogP contribution in [0.2, 0.25) is 5.02 Å². The molecule has 1 aromatic rings. The number of aromatic nitrogens is 2. The molecule has 17 heavy (non-hydrogen) atoms. The fourth-order valence-corrected chi connectivity index (χ4v) is 1.32. The Kier molecular flexibility index (Phi) is 6.65. The number of nitrogens with one attached hydrogen (secondary N) is 1. The number of methoxy groups -OCH3 is 1. The van der Waals surface area contributed by atoms with Crippen LogP contribution in [0.25, 0.3) is 0 Å². The maximum atomic E-state index is 5.93. The number of halogens is 1. The average molecular weight is 260 g/mol. The van der Waals surface area contributed by atoms with E-state index in [0.717, 1.165) is 19.4 Å². The van der Waals surface area contributed by atoms with Crippen molar-refractivity contribution in [1.82, 2.24) is 9.97 Å². The van der Waals surface area contributed by atoms with E-state index in [1.165, 1.54) is 13.3 Å². The average Bonchev–Trinajstić information content (AvgIpc) is 2.35. The fraction of sp³-hybridized carbons (Fsp3) is 0.636. The van der Waals surface area contributed by atoms with Crippen LogP contribution in [0.15, 0.2) is 6.20 Å². The Morgan fingerprint density at radius 1 is 1.41 bits per heavy atom. The zero-order chi connectivity index (χ0) is 12.5. The summed E-state index contributed by atoms with van der Waals surface area (Å²) >= 11 is 5.93. The molecule has 0 saturated heterocycles. The number of rotatable bonds is 8. The van der Waals surface area contributed by atoms with Gasteiger partial charge in [-0.15, -0.1) is 0 Å². The maximum Gasteiger partial charge on any atom is 0.318 e. The molecule has 0 aliphatic carbocycles. The second kappa shape index (κ2) is 8.08. The smallest absolute Gasteiger partial charge is 0.318 e. The molecule has 0 amide bonds. The molecule has 1 heterocycles. The van der Waals surface area contributed by atoms with E-state index in [1.54, 1.807) is 0 Å². The van der Waals surface area contributed by atoms with Crippen LogP contribution in [-0.2, 0) is 4.74 Å². The number of ether oxygens (including phenoxy) is 2. The molecule has 5 nitrogen and oxygen atoms in total. The van der Waals surface area contributed by atoms with Crippen molar-refractivity contribution in [2.24, 2.45) is 0 Å². The van der Waals surface area contributed by atoms with Crippen molar-refractivity contribution >= 4 is 17.4 Å². The molecule has 0 unspecified atom stereocenters. The number of nitrogens with zero attached hydrogens (tertiary/aromatic N) is 2. The van der Waals surface area contributed by atoms with E-state index >= 15 is 0 Å². The summed E-state index contributed by atoms with van der Waals surface area (Å²) in [6.07, 6.45) is 3.73. The van der Waals surface area contributed by atoms with E-state index in [0.29, 0.717) is 30.0 Å². The van der Waals surface area contributed by atoms with Gasteiger partial charge in [0.25, 0.3) is 0 Å². The summed E-state index contributed by atoms with van der Waals surface area (Å²) in [7, 11) is 1.51. The van der Waals surface area contributed by atoms with Gasteiger partial charge < -0.3 is 14.8 Å². The second-order valence-corrected chi connectivity index (χ2v) is 3.85. The molecule has 96 valence electrons. The van der Waals surface area contributed by atoms with Gasteiger partial charge in [0.1, 0.15) is 5.02 Å². The van der Waals surface area contributed by atoms with Crippen LogP contribution >= 0.6 is 11.6 Å². The Labute approximate surface area is 107 Å². The van der Waals surface area contributed by atoms with Crippen LogP contribution in [0.5, 0.6) is 6.01 Å². The van der Waals surface area contributed by atoms with Crippen molar-refractivity contribution in [3.05, 3.63) is 11.2 Å². The zero-order valence-electron chi connectivity index (χ0n) is 10.2. The lowest BCUT2D eigenvalue weighted by Gasteiger charge is -2.08. The Morgan fingerprint density at radius 2 is 2.24 bits per heavy atom. The highest BCUT2D eigenvalue weighted by Gasteiger charge is 2.04. The minimum Gasteiger partial charge on any atom is -0.467 e. The van der Waals surface area contributed by atoms with Gasteiger partial charge in [-0.1, -0.05) is 24.9 Å². The number of hydrogen-bond acceptors (Lipinski definition) is 5. The first-order valence-corrected chi connectivity index (χ1v) is 6.04. The molecule has 0 spiro atoms. The molecular weight excluding hydrogens is 242 g/mol. The van der Waals surface area contributed by atoms with Crippen LogP contribution < -0.4 is 10.1 Å². The highest BCUT2D eigenvalue weighted by atomic mass is 35.5. The van der Waals surface area contributed by atoms with Gasteiger partial charge in [-0.05, 0) is 6.42 Å². The number of hydrogen-bond donors (Lipinski definition) is 1. The molecule has 0 aromatic carbocycles. The monoisotopic (exact) mass is 259 g/mol. The van der Waals surface area contributed by atoms with E-state index in [1.807, 2.05) is 0 Å². The van der Waals surface area contributed by atoms with E-state index in [4.69, 9.17) is 21.1 Å².